The zero-order valence-corrected chi connectivity index (χ0v) is 13.9. The Morgan fingerprint density at radius 3 is 2.52 bits per heavy atom. The van der Waals surface area contributed by atoms with Gasteiger partial charge in [-0.1, -0.05) is 0 Å². The number of ether oxygens (including phenoxy) is 1. The summed E-state index contributed by atoms with van der Waals surface area (Å²) in [6.45, 7) is 3.00. The van der Waals surface area contributed by atoms with Gasteiger partial charge in [-0.25, -0.2) is 8.78 Å². The molecule has 0 aliphatic carbocycles. The quantitative estimate of drug-likeness (QED) is 0.889. The Kier molecular flexibility index (Phi) is 5.28. The Hall–Kier alpha value is -2.47. The van der Waals surface area contributed by atoms with Crippen molar-refractivity contribution in [3.63, 3.8) is 0 Å². The maximum absolute atomic E-state index is 13.2. The van der Waals surface area contributed by atoms with Crippen LogP contribution in [-0.4, -0.2) is 24.5 Å². The van der Waals surface area contributed by atoms with Crippen LogP contribution in [0, 0.1) is 11.6 Å². The van der Waals surface area contributed by atoms with Crippen molar-refractivity contribution in [3.8, 4) is 11.5 Å². The highest BCUT2D eigenvalue weighted by molar-refractivity contribution is 5.94. The molecule has 0 spiro atoms. The second-order valence-corrected chi connectivity index (χ2v) is 6.25. The summed E-state index contributed by atoms with van der Waals surface area (Å²) in [6, 6.07) is 10.4. The highest BCUT2D eigenvalue weighted by atomic mass is 19.2. The number of amides is 1. The number of hydrogen-bond acceptors (Lipinski definition) is 3. The van der Waals surface area contributed by atoms with Gasteiger partial charge < -0.3 is 15.4 Å². The number of halogens is 2. The first-order chi connectivity index (χ1) is 12.0. The molecule has 2 unspecified atom stereocenters. The third-order valence-electron chi connectivity index (χ3n) is 4.20. The summed E-state index contributed by atoms with van der Waals surface area (Å²) in [7, 11) is 0. The number of nitrogens with one attached hydrogen (secondary N) is 2. The minimum absolute atomic E-state index is 0.126. The van der Waals surface area contributed by atoms with Crippen LogP contribution in [0.5, 0.6) is 11.5 Å². The third kappa shape index (κ3) is 4.54. The summed E-state index contributed by atoms with van der Waals surface area (Å²) < 4.78 is 31.6. The van der Waals surface area contributed by atoms with E-state index in [1.54, 1.807) is 24.3 Å². The van der Waals surface area contributed by atoms with Crippen LogP contribution in [0.4, 0.5) is 8.78 Å². The summed E-state index contributed by atoms with van der Waals surface area (Å²) in [6.07, 6.45) is 1.82. The number of benzene rings is 2. The van der Waals surface area contributed by atoms with Crippen LogP contribution in [0.2, 0.25) is 0 Å². The number of hydrogen-bond donors (Lipinski definition) is 2. The predicted octanol–water partition coefficient (Wildman–Crippen LogP) is 3.63. The Labute approximate surface area is 145 Å². The molecule has 6 heteroatoms. The first-order valence-electron chi connectivity index (χ1n) is 8.28. The fraction of sp³-hybridized carbons (Fsp3) is 0.316. The van der Waals surface area contributed by atoms with E-state index < -0.39 is 11.6 Å². The van der Waals surface area contributed by atoms with Gasteiger partial charge in [0.15, 0.2) is 11.6 Å². The highest BCUT2D eigenvalue weighted by Gasteiger charge is 2.20. The minimum atomic E-state index is -0.968. The Bertz CT molecular complexity index is 750. The summed E-state index contributed by atoms with van der Waals surface area (Å²) in [4.78, 5) is 12.3. The molecule has 132 valence electrons. The summed E-state index contributed by atoms with van der Waals surface area (Å²) >= 11 is 0. The fourth-order valence-corrected chi connectivity index (χ4v) is 2.88. The van der Waals surface area contributed by atoms with Crippen LogP contribution >= 0.6 is 0 Å². The van der Waals surface area contributed by atoms with E-state index >= 15 is 0 Å². The molecular weight excluding hydrogens is 326 g/mol. The van der Waals surface area contributed by atoms with Gasteiger partial charge in [-0.15, -0.1) is 0 Å². The summed E-state index contributed by atoms with van der Waals surface area (Å²) in [5.41, 5.74) is 0.531. The van der Waals surface area contributed by atoms with E-state index in [2.05, 4.69) is 17.6 Å². The number of piperidine rings is 1. The molecule has 0 bridgehead atoms. The van der Waals surface area contributed by atoms with E-state index in [1.165, 1.54) is 6.07 Å². The van der Waals surface area contributed by atoms with Gasteiger partial charge in [0, 0.05) is 23.7 Å². The van der Waals surface area contributed by atoms with Crippen LogP contribution < -0.4 is 15.4 Å². The van der Waals surface area contributed by atoms with Crippen molar-refractivity contribution in [2.75, 3.05) is 6.54 Å². The molecule has 0 saturated carbocycles. The Morgan fingerprint density at radius 2 is 1.84 bits per heavy atom. The number of carbonyl (C=O) groups is 1. The van der Waals surface area contributed by atoms with E-state index in [9.17, 15) is 13.6 Å². The Morgan fingerprint density at radius 1 is 1.12 bits per heavy atom. The predicted molar refractivity (Wildman–Crippen MR) is 90.8 cm³/mol. The van der Waals surface area contributed by atoms with E-state index in [4.69, 9.17) is 4.74 Å². The van der Waals surface area contributed by atoms with E-state index in [1.807, 2.05) is 0 Å². The molecule has 2 aromatic rings. The smallest absolute Gasteiger partial charge is 0.251 e. The standard InChI is InChI=1S/C19H20F2N2O2/c1-12-10-14(8-9-22-12)23-19(24)13-2-4-15(5-3-13)25-16-6-7-17(20)18(21)11-16/h2-7,11-12,14,22H,8-10H2,1H3,(H,23,24). The molecule has 1 fully saturated rings. The maximum atomic E-state index is 13.2. The van der Waals surface area contributed by atoms with Crippen molar-refractivity contribution < 1.29 is 18.3 Å². The number of carbonyl (C=O) groups excluding carboxylic acids is 1. The van der Waals surface area contributed by atoms with Crippen molar-refractivity contribution in [1.29, 1.82) is 0 Å². The van der Waals surface area contributed by atoms with Crippen molar-refractivity contribution >= 4 is 5.91 Å². The Balaban J connectivity index is 1.61. The minimum Gasteiger partial charge on any atom is -0.457 e. The zero-order valence-electron chi connectivity index (χ0n) is 13.9. The van der Waals surface area contributed by atoms with Gasteiger partial charge in [-0.2, -0.15) is 0 Å². The van der Waals surface area contributed by atoms with Crippen LogP contribution in [0.1, 0.15) is 30.1 Å². The molecule has 1 heterocycles. The monoisotopic (exact) mass is 346 g/mol. The summed E-state index contributed by atoms with van der Waals surface area (Å²) in [5, 5.41) is 6.38. The first-order valence-corrected chi connectivity index (χ1v) is 8.28. The van der Waals surface area contributed by atoms with Crippen LogP contribution in [0.25, 0.3) is 0 Å². The molecule has 2 aromatic carbocycles. The molecule has 4 nitrogen and oxygen atoms in total. The molecule has 1 amide bonds. The average molecular weight is 346 g/mol. The maximum Gasteiger partial charge on any atom is 0.251 e. The van der Waals surface area contributed by atoms with Gasteiger partial charge >= 0.3 is 0 Å². The topological polar surface area (TPSA) is 50.4 Å². The van der Waals surface area contributed by atoms with Gasteiger partial charge in [0.2, 0.25) is 0 Å². The van der Waals surface area contributed by atoms with Crippen molar-refractivity contribution in [2.24, 2.45) is 0 Å². The summed E-state index contributed by atoms with van der Waals surface area (Å²) in [5.74, 6) is -1.38. The van der Waals surface area contributed by atoms with Gasteiger partial charge in [0.05, 0.1) is 0 Å². The molecular formula is C19H20F2N2O2. The first kappa shape index (κ1) is 17.4. The lowest BCUT2D eigenvalue weighted by molar-refractivity contribution is 0.0925. The van der Waals surface area contributed by atoms with Gasteiger partial charge in [0.25, 0.3) is 5.91 Å². The third-order valence-corrected chi connectivity index (χ3v) is 4.20. The van der Waals surface area contributed by atoms with Crippen LogP contribution in [-0.2, 0) is 0 Å². The molecule has 1 aliphatic heterocycles. The average Bonchev–Trinajstić information content (AvgIpc) is 2.59. The van der Waals surface area contributed by atoms with Crippen molar-refractivity contribution in [3.05, 3.63) is 59.7 Å². The fourth-order valence-electron chi connectivity index (χ4n) is 2.88. The van der Waals surface area contributed by atoms with Gasteiger partial charge in [-0.3, -0.25) is 4.79 Å². The second-order valence-electron chi connectivity index (χ2n) is 6.25. The van der Waals surface area contributed by atoms with E-state index in [0.717, 1.165) is 31.5 Å². The molecule has 3 rings (SSSR count). The lowest BCUT2D eigenvalue weighted by atomic mass is 10.0. The second kappa shape index (κ2) is 7.61. The van der Waals surface area contributed by atoms with E-state index in [0.29, 0.717) is 17.4 Å². The number of rotatable bonds is 4. The molecule has 0 radical (unpaired) electrons. The van der Waals surface area contributed by atoms with Crippen molar-refractivity contribution in [1.82, 2.24) is 10.6 Å². The lowest BCUT2D eigenvalue weighted by Crippen LogP contribution is -2.46. The molecule has 2 N–H and O–H groups in total. The zero-order chi connectivity index (χ0) is 17.8. The lowest BCUT2D eigenvalue weighted by Gasteiger charge is -2.28. The van der Waals surface area contributed by atoms with Crippen molar-refractivity contribution in [2.45, 2.75) is 31.8 Å². The van der Waals surface area contributed by atoms with Gasteiger partial charge in [0.1, 0.15) is 11.5 Å². The molecule has 1 saturated heterocycles. The molecule has 25 heavy (non-hydrogen) atoms. The highest BCUT2D eigenvalue weighted by Crippen LogP contribution is 2.23. The van der Waals surface area contributed by atoms with Gasteiger partial charge in [-0.05, 0) is 62.7 Å². The van der Waals surface area contributed by atoms with E-state index in [-0.39, 0.29) is 17.7 Å². The van der Waals surface area contributed by atoms with Crippen LogP contribution in [0.3, 0.4) is 0 Å². The molecule has 2 atom stereocenters. The SMILES string of the molecule is CC1CC(NC(=O)c2ccc(Oc3ccc(F)c(F)c3)cc2)CCN1. The molecule has 1 aliphatic rings. The molecule has 0 aromatic heterocycles. The largest absolute Gasteiger partial charge is 0.457 e. The normalized spacial score (nSPS) is 20.1. The van der Waals surface area contributed by atoms with Crippen LogP contribution in [0.15, 0.2) is 42.5 Å².